The number of rotatable bonds is 7. The van der Waals surface area contributed by atoms with Gasteiger partial charge in [-0.2, -0.15) is 5.10 Å². The van der Waals surface area contributed by atoms with Crippen LogP contribution in [0.1, 0.15) is 15.5 Å². The Kier molecular flexibility index (Phi) is 5.52. The van der Waals surface area contributed by atoms with Crippen molar-refractivity contribution in [1.29, 1.82) is 0 Å². The summed E-state index contributed by atoms with van der Waals surface area (Å²) in [6.07, 6.45) is 1.70. The summed E-state index contributed by atoms with van der Waals surface area (Å²) in [6.45, 7) is 1.21. The lowest BCUT2D eigenvalue weighted by Crippen LogP contribution is -2.33. The van der Waals surface area contributed by atoms with Gasteiger partial charge in [-0.15, -0.1) is 11.3 Å². The summed E-state index contributed by atoms with van der Waals surface area (Å²) in [5.41, 5.74) is 1.04. The Balaban J connectivity index is 1.81. The van der Waals surface area contributed by atoms with Crippen molar-refractivity contribution in [2.45, 2.75) is 6.54 Å². The number of aromatic nitrogens is 3. The van der Waals surface area contributed by atoms with Gasteiger partial charge in [0.05, 0.1) is 18.8 Å². The second-order valence-electron chi connectivity index (χ2n) is 5.29. The quantitative estimate of drug-likeness (QED) is 0.703. The summed E-state index contributed by atoms with van der Waals surface area (Å²) in [7, 11) is 1.58. The number of halogens is 1. The van der Waals surface area contributed by atoms with Crippen molar-refractivity contribution in [3.8, 4) is 11.3 Å². The Morgan fingerprint density at radius 3 is 2.96 bits per heavy atom. The maximum absolute atomic E-state index is 13.9. The fourth-order valence-electron chi connectivity index (χ4n) is 2.36. The van der Waals surface area contributed by atoms with E-state index in [2.05, 4.69) is 15.2 Å². The number of carbonyl (C=O) groups excluding carboxylic acids is 1. The van der Waals surface area contributed by atoms with Crippen LogP contribution in [0.25, 0.3) is 11.3 Å². The molecule has 0 atom stereocenters. The van der Waals surface area contributed by atoms with E-state index < -0.39 is 0 Å². The number of hydrogen-bond donors (Lipinski definition) is 1. The average molecular weight is 360 g/mol. The molecule has 0 bridgehead atoms. The van der Waals surface area contributed by atoms with Crippen LogP contribution in [0.4, 0.5) is 4.39 Å². The van der Waals surface area contributed by atoms with Crippen molar-refractivity contribution < 1.29 is 13.9 Å². The zero-order valence-electron chi connectivity index (χ0n) is 13.6. The number of thiazole rings is 1. The summed E-state index contributed by atoms with van der Waals surface area (Å²) >= 11 is 1.48. The second kappa shape index (κ2) is 8.00. The van der Waals surface area contributed by atoms with Gasteiger partial charge in [-0.25, -0.2) is 9.37 Å². The highest BCUT2D eigenvalue weighted by Gasteiger charge is 2.20. The van der Waals surface area contributed by atoms with Crippen LogP contribution in [-0.4, -0.2) is 46.2 Å². The first-order valence-electron chi connectivity index (χ1n) is 7.66. The predicted molar refractivity (Wildman–Crippen MR) is 92.7 cm³/mol. The fourth-order valence-corrected chi connectivity index (χ4v) is 2.99. The maximum atomic E-state index is 13.9. The summed E-state index contributed by atoms with van der Waals surface area (Å²) in [6, 6.07) is 7.87. The molecule has 6 nitrogen and oxygen atoms in total. The predicted octanol–water partition coefficient (Wildman–Crippen LogP) is 2.96. The van der Waals surface area contributed by atoms with E-state index in [-0.39, 0.29) is 11.7 Å². The zero-order valence-corrected chi connectivity index (χ0v) is 14.4. The molecule has 1 amide bonds. The minimum Gasteiger partial charge on any atom is -0.383 e. The molecule has 8 heteroatoms. The SMILES string of the molecule is COCCN(Cc1nccs1)C(=O)c1cc(-c2ccccc2F)n[nH]1. The lowest BCUT2D eigenvalue weighted by molar-refractivity contribution is 0.0674. The van der Waals surface area contributed by atoms with Crippen molar-refractivity contribution in [2.24, 2.45) is 0 Å². The molecule has 2 aromatic heterocycles. The molecule has 0 fully saturated rings. The lowest BCUT2D eigenvalue weighted by atomic mass is 10.1. The van der Waals surface area contributed by atoms with Gasteiger partial charge in [0.15, 0.2) is 0 Å². The van der Waals surface area contributed by atoms with Crippen molar-refractivity contribution in [3.63, 3.8) is 0 Å². The summed E-state index contributed by atoms with van der Waals surface area (Å²) in [5.74, 6) is -0.616. The molecule has 3 aromatic rings. The van der Waals surface area contributed by atoms with Crippen molar-refractivity contribution in [2.75, 3.05) is 20.3 Å². The monoisotopic (exact) mass is 360 g/mol. The Bertz CT molecular complexity index is 835. The summed E-state index contributed by atoms with van der Waals surface area (Å²) in [5, 5.41) is 9.47. The zero-order chi connectivity index (χ0) is 17.6. The molecule has 1 N–H and O–H groups in total. The van der Waals surface area contributed by atoms with Crippen molar-refractivity contribution in [3.05, 3.63) is 58.4 Å². The molecule has 0 aliphatic carbocycles. The molecule has 1 aromatic carbocycles. The van der Waals surface area contributed by atoms with Crippen LogP contribution in [0.3, 0.4) is 0 Å². The third-order valence-corrected chi connectivity index (χ3v) is 4.38. The van der Waals surface area contributed by atoms with Crippen molar-refractivity contribution in [1.82, 2.24) is 20.1 Å². The molecular formula is C17H17FN4O2S. The average Bonchev–Trinajstić information content (AvgIpc) is 3.30. The van der Waals surface area contributed by atoms with E-state index in [1.54, 1.807) is 42.5 Å². The van der Waals surface area contributed by atoms with E-state index in [0.29, 0.717) is 36.6 Å². The van der Waals surface area contributed by atoms with Crippen LogP contribution in [0, 0.1) is 5.82 Å². The van der Waals surface area contributed by atoms with Gasteiger partial charge in [0, 0.05) is 30.8 Å². The molecule has 0 aliphatic rings. The van der Waals surface area contributed by atoms with E-state index in [4.69, 9.17) is 4.74 Å². The second-order valence-corrected chi connectivity index (χ2v) is 6.27. The number of nitrogens with one attached hydrogen (secondary N) is 1. The Morgan fingerprint density at radius 1 is 1.40 bits per heavy atom. The van der Waals surface area contributed by atoms with Crippen LogP contribution in [-0.2, 0) is 11.3 Å². The third kappa shape index (κ3) is 4.09. The molecule has 0 saturated carbocycles. The molecule has 0 radical (unpaired) electrons. The van der Waals surface area contributed by atoms with Gasteiger partial charge in [0.1, 0.15) is 16.5 Å². The minimum absolute atomic E-state index is 0.234. The number of amides is 1. The molecule has 3 rings (SSSR count). The normalized spacial score (nSPS) is 10.8. The first kappa shape index (κ1) is 17.2. The number of aromatic amines is 1. The highest BCUT2D eigenvalue weighted by atomic mass is 32.1. The molecule has 25 heavy (non-hydrogen) atoms. The Morgan fingerprint density at radius 2 is 2.24 bits per heavy atom. The number of benzene rings is 1. The van der Waals surface area contributed by atoms with Gasteiger partial charge in [-0.3, -0.25) is 9.89 Å². The first-order chi connectivity index (χ1) is 12.2. The largest absolute Gasteiger partial charge is 0.383 e. The fraction of sp³-hybridized carbons (Fsp3) is 0.235. The summed E-state index contributed by atoms with van der Waals surface area (Å²) in [4.78, 5) is 18.6. The highest BCUT2D eigenvalue weighted by molar-refractivity contribution is 7.09. The van der Waals surface area contributed by atoms with E-state index >= 15 is 0 Å². The van der Waals surface area contributed by atoms with Crippen LogP contribution in [0.2, 0.25) is 0 Å². The number of nitrogens with zero attached hydrogens (tertiary/aromatic N) is 3. The highest BCUT2D eigenvalue weighted by Crippen LogP contribution is 2.21. The smallest absolute Gasteiger partial charge is 0.272 e. The van der Waals surface area contributed by atoms with E-state index in [1.807, 2.05) is 5.38 Å². The molecule has 0 aliphatic heterocycles. The maximum Gasteiger partial charge on any atom is 0.272 e. The third-order valence-electron chi connectivity index (χ3n) is 3.62. The number of carbonyl (C=O) groups is 1. The van der Waals surface area contributed by atoms with Crippen LogP contribution in [0.5, 0.6) is 0 Å². The van der Waals surface area contributed by atoms with Crippen LogP contribution >= 0.6 is 11.3 Å². The molecule has 0 saturated heterocycles. The lowest BCUT2D eigenvalue weighted by Gasteiger charge is -2.20. The van der Waals surface area contributed by atoms with E-state index in [9.17, 15) is 9.18 Å². The molecule has 0 spiro atoms. The van der Waals surface area contributed by atoms with Gasteiger partial charge in [-0.1, -0.05) is 12.1 Å². The van der Waals surface area contributed by atoms with Crippen LogP contribution < -0.4 is 0 Å². The molecule has 130 valence electrons. The number of H-pyrrole nitrogens is 1. The van der Waals surface area contributed by atoms with Gasteiger partial charge >= 0.3 is 0 Å². The standard InChI is InChI=1S/C17H17FN4O2S/c1-24-8-7-22(11-16-19-6-9-25-16)17(23)15-10-14(20-21-15)12-4-2-3-5-13(12)18/h2-6,9-10H,7-8,11H2,1H3,(H,20,21). The number of ether oxygens (including phenoxy) is 1. The van der Waals surface area contributed by atoms with Gasteiger partial charge < -0.3 is 9.64 Å². The van der Waals surface area contributed by atoms with Gasteiger partial charge in [0.2, 0.25) is 0 Å². The van der Waals surface area contributed by atoms with Gasteiger partial charge in [0.25, 0.3) is 5.91 Å². The van der Waals surface area contributed by atoms with E-state index in [1.165, 1.54) is 17.4 Å². The Labute approximate surface area is 148 Å². The molecule has 2 heterocycles. The molecular weight excluding hydrogens is 343 g/mol. The van der Waals surface area contributed by atoms with Gasteiger partial charge in [-0.05, 0) is 18.2 Å². The van der Waals surface area contributed by atoms with E-state index in [0.717, 1.165) is 5.01 Å². The van der Waals surface area contributed by atoms with Crippen LogP contribution in [0.15, 0.2) is 41.9 Å². The topological polar surface area (TPSA) is 71.1 Å². The minimum atomic E-state index is -0.382. The summed E-state index contributed by atoms with van der Waals surface area (Å²) < 4.78 is 19.0. The Hall–Kier alpha value is -2.58. The molecule has 0 unspecified atom stereocenters. The number of hydrogen-bond acceptors (Lipinski definition) is 5. The first-order valence-corrected chi connectivity index (χ1v) is 8.54. The number of methoxy groups -OCH3 is 1. The van der Waals surface area contributed by atoms with Crippen molar-refractivity contribution >= 4 is 17.2 Å².